The van der Waals surface area contributed by atoms with Crippen molar-refractivity contribution in [2.45, 2.75) is 59.1 Å². The molecule has 34 heavy (non-hydrogen) atoms. The summed E-state index contributed by atoms with van der Waals surface area (Å²) in [4.78, 5) is 17.5. The SMILES string of the molecule is CCCCc1nc2c(O)cccc2n1Cc1ccc(-c2ccccc2C(=O)OC(C)(C)C)cc1. The molecule has 0 bridgehead atoms. The topological polar surface area (TPSA) is 64.4 Å². The molecule has 0 saturated carbocycles. The summed E-state index contributed by atoms with van der Waals surface area (Å²) in [7, 11) is 0. The van der Waals surface area contributed by atoms with Crippen LogP contribution in [0.4, 0.5) is 0 Å². The quantitative estimate of drug-likeness (QED) is 0.312. The molecule has 0 radical (unpaired) electrons. The third-order valence-corrected chi connectivity index (χ3v) is 5.74. The number of para-hydroxylation sites is 1. The van der Waals surface area contributed by atoms with Gasteiger partial charge in [-0.15, -0.1) is 0 Å². The Balaban J connectivity index is 1.64. The van der Waals surface area contributed by atoms with Gasteiger partial charge in [0.2, 0.25) is 0 Å². The zero-order valence-corrected chi connectivity index (χ0v) is 20.3. The van der Waals surface area contributed by atoms with Crippen molar-refractivity contribution in [3.8, 4) is 16.9 Å². The number of carbonyl (C=O) groups is 1. The first-order valence-corrected chi connectivity index (χ1v) is 11.9. The maximum atomic E-state index is 12.8. The van der Waals surface area contributed by atoms with Crippen LogP contribution < -0.4 is 0 Å². The summed E-state index contributed by atoms with van der Waals surface area (Å²) in [6.45, 7) is 8.44. The zero-order valence-electron chi connectivity index (χ0n) is 20.3. The average molecular weight is 457 g/mol. The highest BCUT2D eigenvalue weighted by atomic mass is 16.6. The van der Waals surface area contributed by atoms with Crippen molar-refractivity contribution in [1.29, 1.82) is 0 Å². The van der Waals surface area contributed by atoms with E-state index in [4.69, 9.17) is 9.72 Å². The van der Waals surface area contributed by atoms with Gasteiger partial charge in [-0.1, -0.05) is 61.9 Å². The van der Waals surface area contributed by atoms with Crippen molar-refractivity contribution in [3.63, 3.8) is 0 Å². The molecule has 1 aromatic heterocycles. The van der Waals surface area contributed by atoms with Gasteiger partial charge < -0.3 is 14.4 Å². The number of unbranched alkanes of at least 4 members (excludes halogenated alkanes) is 1. The maximum absolute atomic E-state index is 12.8. The summed E-state index contributed by atoms with van der Waals surface area (Å²) >= 11 is 0. The van der Waals surface area contributed by atoms with E-state index in [9.17, 15) is 9.90 Å². The normalized spacial score (nSPS) is 11.6. The largest absolute Gasteiger partial charge is 0.506 e. The molecule has 5 heteroatoms. The van der Waals surface area contributed by atoms with E-state index in [1.807, 2.05) is 63.2 Å². The number of aryl methyl sites for hydroxylation is 1. The van der Waals surface area contributed by atoms with Crippen LogP contribution in [-0.4, -0.2) is 26.2 Å². The molecule has 0 amide bonds. The minimum absolute atomic E-state index is 0.211. The zero-order chi connectivity index (χ0) is 24.3. The molecular weight excluding hydrogens is 424 g/mol. The van der Waals surface area contributed by atoms with Crippen LogP contribution in [0.3, 0.4) is 0 Å². The van der Waals surface area contributed by atoms with Gasteiger partial charge >= 0.3 is 5.97 Å². The van der Waals surface area contributed by atoms with E-state index in [1.54, 1.807) is 12.1 Å². The van der Waals surface area contributed by atoms with E-state index in [2.05, 4.69) is 23.6 Å². The van der Waals surface area contributed by atoms with Crippen LogP contribution >= 0.6 is 0 Å². The predicted octanol–water partition coefficient (Wildman–Crippen LogP) is 6.76. The van der Waals surface area contributed by atoms with Crippen LogP contribution in [0.5, 0.6) is 5.75 Å². The molecule has 0 aliphatic carbocycles. The fraction of sp³-hybridized carbons (Fsp3) is 0.310. The van der Waals surface area contributed by atoms with Crippen molar-refractivity contribution >= 4 is 17.0 Å². The van der Waals surface area contributed by atoms with Crippen LogP contribution in [0.25, 0.3) is 22.2 Å². The molecule has 0 aliphatic heterocycles. The molecule has 3 aromatic carbocycles. The fourth-order valence-corrected chi connectivity index (χ4v) is 4.10. The van der Waals surface area contributed by atoms with Crippen molar-refractivity contribution < 1.29 is 14.6 Å². The van der Waals surface area contributed by atoms with Gasteiger partial charge in [0.25, 0.3) is 0 Å². The number of rotatable bonds is 7. The summed E-state index contributed by atoms with van der Waals surface area (Å²) in [6, 6.07) is 21.3. The lowest BCUT2D eigenvalue weighted by atomic mass is 9.98. The summed E-state index contributed by atoms with van der Waals surface area (Å²) in [6.07, 6.45) is 3.00. The number of phenolic OH excluding ortho intramolecular Hbond substituents is 1. The van der Waals surface area contributed by atoms with Crippen LogP contribution in [0, 0.1) is 0 Å². The number of nitrogens with zero attached hydrogens (tertiary/aromatic N) is 2. The molecular formula is C29H32N2O3. The van der Waals surface area contributed by atoms with Crippen molar-refractivity contribution in [2.75, 3.05) is 0 Å². The second kappa shape index (κ2) is 9.72. The minimum Gasteiger partial charge on any atom is -0.506 e. The van der Waals surface area contributed by atoms with Crippen LogP contribution in [0.15, 0.2) is 66.7 Å². The fourth-order valence-electron chi connectivity index (χ4n) is 4.10. The molecule has 1 N–H and O–H groups in total. The first-order chi connectivity index (χ1) is 16.3. The molecule has 5 nitrogen and oxygen atoms in total. The van der Waals surface area contributed by atoms with Crippen LogP contribution in [0.2, 0.25) is 0 Å². The van der Waals surface area contributed by atoms with E-state index in [-0.39, 0.29) is 11.7 Å². The van der Waals surface area contributed by atoms with Gasteiger partial charge in [0.1, 0.15) is 22.7 Å². The Morgan fingerprint density at radius 3 is 2.44 bits per heavy atom. The first kappa shape index (κ1) is 23.6. The number of ether oxygens (including phenoxy) is 1. The molecule has 0 atom stereocenters. The van der Waals surface area contributed by atoms with Gasteiger partial charge in [-0.05, 0) is 62.1 Å². The van der Waals surface area contributed by atoms with E-state index in [0.717, 1.165) is 47.3 Å². The maximum Gasteiger partial charge on any atom is 0.339 e. The van der Waals surface area contributed by atoms with E-state index in [1.165, 1.54) is 0 Å². The standard InChI is InChI=1S/C29H32N2O3/c1-5-6-14-26-30-27-24(12-9-13-25(27)32)31(26)19-20-15-17-21(18-16-20)22-10-7-8-11-23(22)28(33)34-29(2,3)4/h7-13,15-18,32H,5-6,14,19H2,1-4H3. The number of aromatic nitrogens is 2. The number of carbonyl (C=O) groups excluding carboxylic acids is 1. The molecule has 0 aliphatic rings. The van der Waals surface area contributed by atoms with Crippen LogP contribution in [-0.2, 0) is 17.7 Å². The summed E-state index contributed by atoms with van der Waals surface area (Å²) in [5, 5.41) is 10.3. The van der Waals surface area contributed by atoms with Crippen molar-refractivity contribution in [2.24, 2.45) is 0 Å². The second-order valence-corrected chi connectivity index (χ2v) is 9.61. The number of hydrogen-bond acceptors (Lipinski definition) is 4. The van der Waals surface area contributed by atoms with Gasteiger partial charge in [-0.25, -0.2) is 9.78 Å². The van der Waals surface area contributed by atoms with Gasteiger partial charge in [-0.3, -0.25) is 0 Å². The lowest BCUT2D eigenvalue weighted by Gasteiger charge is -2.20. The highest BCUT2D eigenvalue weighted by molar-refractivity contribution is 5.97. The minimum atomic E-state index is -0.550. The van der Waals surface area contributed by atoms with Gasteiger partial charge in [0.15, 0.2) is 0 Å². The Morgan fingerprint density at radius 1 is 1.00 bits per heavy atom. The summed E-state index contributed by atoms with van der Waals surface area (Å²) in [5.41, 5.74) is 4.53. The lowest BCUT2D eigenvalue weighted by molar-refractivity contribution is 0.00704. The molecule has 0 saturated heterocycles. The van der Waals surface area contributed by atoms with E-state index >= 15 is 0 Å². The average Bonchev–Trinajstić information content (AvgIpc) is 3.15. The Labute approximate surface area is 201 Å². The Kier molecular flexibility index (Phi) is 6.73. The molecule has 4 rings (SSSR count). The first-order valence-electron chi connectivity index (χ1n) is 11.9. The smallest absolute Gasteiger partial charge is 0.339 e. The van der Waals surface area contributed by atoms with Crippen LogP contribution in [0.1, 0.15) is 62.3 Å². The Morgan fingerprint density at radius 2 is 1.74 bits per heavy atom. The van der Waals surface area contributed by atoms with Gasteiger partial charge in [-0.2, -0.15) is 0 Å². The lowest BCUT2D eigenvalue weighted by Crippen LogP contribution is -2.24. The third kappa shape index (κ3) is 5.14. The van der Waals surface area contributed by atoms with Gasteiger partial charge in [0, 0.05) is 13.0 Å². The Hall–Kier alpha value is -3.60. The molecule has 0 unspecified atom stereocenters. The Bertz CT molecular complexity index is 1300. The molecule has 0 spiro atoms. The summed E-state index contributed by atoms with van der Waals surface area (Å²) < 4.78 is 7.79. The van der Waals surface area contributed by atoms with E-state index < -0.39 is 5.60 Å². The van der Waals surface area contributed by atoms with Crippen molar-refractivity contribution in [3.05, 3.63) is 83.7 Å². The molecule has 0 fully saturated rings. The monoisotopic (exact) mass is 456 g/mol. The number of benzene rings is 3. The van der Waals surface area contributed by atoms with E-state index in [0.29, 0.717) is 17.6 Å². The number of hydrogen-bond donors (Lipinski definition) is 1. The number of aromatic hydroxyl groups is 1. The predicted molar refractivity (Wildman–Crippen MR) is 136 cm³/mol. The molecule has 4 aromatic rings. The number of phenols is 1. The third-order valence-electron chi connectivity index (χ3n) is 5.74. The summed E-state index contributed by atoms with van der Waals surface area (Å²) in [5.74, 6) is 0.873. The van der Waals surface area contributed by atoms with Gasteiger partial charge in [0.05, 0.1) is 11.1 Å². The molecule has 1 heterocycles. The number of esters is 1. The molecule has 176 valence electrons. The highest BCUT2D eigenvalue weighted by Gasteiger charge is 2.21. The second-order valence-electron chi connectivity index (χ2n) is 9.61. The highest BCUT2D eigenvalue weighted by Crippen LogP contribution is 2.29. The number of imidazole rings is 1. The van der Waals surface area contributed by atoms with Crippen molar-refractivity contribution in [1.82, 2.24) is 9.55 Å². The number of fused-ring (bicyclic) bond motifs is 1.